The summed E-state index contributed by atoms with van der Waals surface area (Å²) in [7, 11) is -8.30. The molecule has 0 saturated carbocycles. The summed E-state index contributed by atoms with van der Waals surface area (Å²) in [5, 5.41) is 2.80. The molecule has 0 N–H and O–H groups in total. The van der Waals surface area contributed by atoms with Crippen molar-refractivity contribution in [3.63, 3.8) is 0 Å². The van der Waals surface area contributed by atoms with Crippen LogP contribution in [0.5, 0.6) is 11.5 Å². The van der Waals surface area contributed by atoms with E-state index in [4.69, 9.17) is 8.37 Å². The Kier molecular flexibility index (Phi) is 11.0. The van der Waals surface area contributed by atoms with E-state index >= 15 is 0 Å². The summed E-state index contributed by atoms with van der Waals surface area (Å²) in [5.74, 6) is -0.332. The molecule has 9 heteroatoms. The van der Waals surface area contributed by atoms with Crippen LogP contribution in [0.4, 0.5) is 0 Å². The fourth-order valence-electron chi connectivity index (χ4n) is 3.91. The molecular weight excluding hydrogens is 529 g/mol. The zero-order valence-electron chi connectivity index (χ0n) is 21.5. The quantitative estimate of drug-likeness (QED) is 0.132. The van der Waals surface area contributed by atoms with Crippen molar-refractivity contribution in [3.8, 4) is 11.5 Å². The Bertz CT molecular complexity index is 1310. The standard InChI is InChI=1S/C28H36O6S3/c1-3-5-6-7-8-9-10-11-12-24-15-19-26(20-16-24)37(31,32)34-28-22-35-21-27(28)33-36(29,30)25-17-13-23(4-2)14-18-25/h13-22H,3-12H2,1-2H3. The van der Waals surface area contributed by atoms with E-state index in [1.54, 1.807) is 24.3 Å². The van der Waals surface area contributed by atoms with Gasteiger partial charge in [0.25, 0.3) is 0 Å². The van der Waals surface area contributed by atoms with E-state index < -0.39 is 20.2 Å². The minimum absolute atomic E-state index is 0.00216. The maximum absolute atomic E-state index is 12.9. The monoisotopic (exact) mass is 564 g/mol. The summed E-state index contributed by atoms with van der Waals surface area (Å²) in [6.45, 7) is 4.19. The van der Waals surface area contributed by atoms with Crippen molar-refractivity contribution in [2.45, 2.75) is 87.8 Å². The second kappa shape index (κ2) is 14.0. The molecule has 0 radical (unpaired) electrons. The van der Waals surface area contributed by atoms with Crippen LogP contribution in [0.15, 0.2) is 69.1 Å². The van der Waals surface area contributed by atoms with Gasteiger partial charge in [0.15, 0.2) is 11.5 Å². The van der Waals surface area contributed by atoms with Gasteiger partial charge in [-0.3, -0.25) is 0 Å². The van der Waals surface area contributed by atoms with E-state index in [-0.39, 0.29) is 21.3 Å². The Morgan fingerprint density at radius 3 is 1.49 bits per heavy atom. The largest absolute Gasteiger partial charge is 0.374 e. The molecule has 0 amide bonds. The molecule has 3 rings (SSSR count). The summed E-state index contributed by atoms with van der Waals surface area (Å²) in [6, 6.07) is 13.0. The van der Waals surface area contributed by atoms with Gasteiger partial charge < -0.3 is 8.37 Å². The molecule has 1 aromatic heterocycles. The number of benzene rings is 2. The van der Waals surface area contributed by atoms with E-state index in [1.165, 1.54) is 80.0 Å². The second-order valence-electron chi connectivity index (χ2n) is 9.04. The Morgan fingerprint density at radius 1 is 0.595 bits per heavy atom. The van der Waals surface area contributed by atoms with Gasteiger partial charge in [0.05, 0.1) is 0 Å². The molecule has 0 fully saturated rings. The van der Waals surface area contributed by atoms with Crippen molar-refractivity contribution in [3.05, 3.63) is 70.4 Å². The predicted molar refractivity (Wildman–Crippen MR) is 149 cm³/mol. The van der Waals surface area contributed by atoms with Crippen LogP contribution in [-0.2, 0) is 33.1 Å². The molecule has 6 nitrogen and oxygen atoms in total. The maximum Gasteiger partial charge on any atom is 0.339 e. The van der Waals surface area contributed by atoms with E-state index in [1.807, 2.05) is 6.92 Å². The fourth-order valence-corrected chi connectivity index (χ4v) is 6.54. The highest BCUT2D eigenvalue weighted by molar-refractivity contribution is 7.87. The molecule has 1 heterocycles. The molecule has 0 aliphatic carbocycles. The Labute approximate surface area is 225 Å². The number of thiophene rings is 1. The van der Waals surface area contributed by atoms with E-state index in [9.17, 15) is 16.8 Å². The first-order valence-corrected chi connectivity index (χ1v) is 16.6. The van der Waals surface area contributed by atoms with Gasteiger partial charge in [-0.2, -0.15) is 16.8 Å². The molecule has 0 unspecified atom stereocenters. The lowest BCUT2D eigenvalue weighted by Gasteiger charge is -2.10. The van der Waals surface area contributed by atoms with Crippen molar-refractivity contribution < 1.29 is 25.2 Å². The number of unbranched alkanes of at least 4 members (excludes halogenated alkanes) is 7. The average Bonchev–Trinajstić information content (AvgIpc) is 3.30. The molecule has 0 aliphatic rings. The number of hydrogen-bond acceptors (Lipinski definition) is 7. The molecule has 3 aromatic rings. The zero-order valence-corrected chi connectivity index (χ0v) is 24.0. The van der Waals surface area contributed by atoms with Crippen LogP contribution in [0.25, 0.3) is 0 Å². The third-order valence-electron chi connectivity index (χ3n) is 6.14. The molecule has 0 bridgehead atoms. The summed E-state index contributed by atoms with van der Waals surface area (Å²) in [4.78, 5) is -0.0147. The lowest BCUT2D eigenvalue weighted by Crippen LogP contribution is -2.13. The van der Waals surface area contributed by atoms with Gasteiger partial charge >= 0.3 is 20.2 Å². The van der Waals surface area contributed by atoms with Gasteiger partial charge in [0.1, 0.15) is 9.79 Å². The van der Waals surface area contributed by atoms with Crippen molar-refractivity contribution in [1.29, 1.82) is 0 Å². The minimum Gasteiger partial charge on any atom is -0.374 e. The zero-order chi connectivity index (χ0) is 26.7. The highest BCUT2D eigenvalue weighted by Gasteiger charge is 2.24. The van der Waals surface area contributed by atoms with Crippen LogP contribution in [0.2, 0.25) is 0 Å². The molecule has 2 aromatic carbocycles. The van der Waals surface area contributed by atoms with E-state index in [2.05, 4.69) is 6.92 Å². The van der Waals surface area contributed by atoms with Crippen molar-refractivity contribution in [2.75, 3.05) is 0 Å². The van der Waals surface area contributed by atoms with Crippen LogP contribution < -0.4 is 8.37 Å². The number of hydrogen-bond donors (Lipinski definition) is 0. The molecule has 202 valence electrons. The highest BCUT2D eigenvalue weighted by atomic mass is 32.2. The van der Waals surface area contributed by atoms with Gasteiger partial charge in [0.2, 0.25) is 0 Å². The van der Waals surface area contributed by atoms with Gasteiger partial charge in [-0.15, -0.1) is 11.3 Å². The minimum atomic E-state index is -4.16. The molecule has 0 atom stereocenters. The summed E-state index contributed by atoms with van der Waals surface area (Å²) in [6.07, 6.45) is 11.6. The summed E-state index contributed by atoms with van der Waals surface area (Å²) < 4.78 is 61.6. The van der Waals surface area contributed by atoms with Gasteiger partial charge in [-0.1, -0.05) is 83.1 Å². The maximum atomic E-state index is 12.9. The van der Waals surface area contributed by atoms with Gasteiger partial charge in [-0.25, -0.2) is 0 Å². The Morgan fingerprint density at radius 2 is 1.03 bits per heavy atom. The smallest absolute Gasteiger partial charge is 0.339 e. The second-order valence-corrected chi connectivity index (χ2v) is 12.9. The Balaban J connectivity index is 1.56. The average molecular weight is 565 g/mol. The van der Waals surface area contributed by atoms with Crippen LogP contribution in [-0.4, -0.2) is 16.8 Å². The molecule has 0 aliphatic heterocycles. The number of rotatable bonds is 16. The van der Waals surface area contributed by atoms with Crippen LogP contribution in [0, 0.1) is 0 Å². The highest BCUT2D eigenvalue weighted by Crippen LogP contribution is 2.36. The lowest BCUT2D eigenvalue weighted by atomic mass is 10.0. The summed E-state index contributed by atoms with van der Waals surface area (Å²) >= 11 is 1.09. The lowest BCUT2D eigenvalue weighted by molar-refractivity contribution is 0.451. The van der Waals surface area contributed by atoms with Crippen LogP contribution in [0.1, 0.15) is 76.3 Å². The fraction of sp³-hybridized carbons (Fsp3) is 0.429. The first-order chi connectivity index (χ1) is 17.7. The molecular formula is C28H36O6S3. The number of aryl methyl sites for hydroxylation is 2. The van der Waals surface area contributed by atoms with Crippen LogP contribution >= 0.6 is 11.3 Å². The topological polar surface area (TPSA) is 86.7 Å². The molecule has 0 spiro atoms. The van der Waals surface area contributed by atoms with Crippen molar-refractivity contribution in [1.82, 2.24) is 0 Å². The normalized spacial score (nSPS) is 11.9. The first-order valence-electron chi connectivity index (χ1n) is 12.9. The van der Waals surface area contributed by atoms with Crippen molar-refractivity contribution in [2.24, 2.45) is 0 Å². The predicted octanol–water partition coefficient (Wildman–Crippen LogP) is 7.53. The van der Waals surface area contributed by atoms with Crippen LogP contribution in [0.3, 0.4) is 0 Å². The first kappa shape index (κ1) is 29.2. The third kappa shape index (κ3) is 8.86. The Hall–Kier alpha value is -2.36. The van der Waals surface area contributed by atoms with Gasteiger partial charge in [-0.05, 0) is 54.7 Å². The van der Waals surface area contributed by atoms with Crippen molar-refractivity contribution >= 4 is 31.6 Å². The van der Waals surface area contributed by atoms with E-state index in [0.717, 1.165) is 41.7 Å². The summed E-state index contributed by atoms with van der Waals surface area (Å²) in [5.41, 5.74) is 2.07. The van der Waals surface area contributed by atoms with E-state index in [0.29, 0.717) is 0 Å². The SMILES string of the molecule is CCCCCCCCCCc1ccc(S(=O)(=O)Oc2cscc2OS(=O)(=O)c2ccc(CC)cc2)cc1. The van der Waals surface area contributed by atoms with Gasteiger partial charge in [0, 0.05) is 10.8 Å². The third-order valence-corrected chi connectivity index (χ3v) is 9.34. The molecule has 0 saturated heterocycles. The molecule has 37 heavy (non-hydrogen) atoms.